The number of hydrogen-bond acceptors (Lipinski definition) is 4. The second-order valence-electron chi connectivity index (χ2n) is 5.81. The number of aromatic nitrogens is 1. The molecule has 0 aromatic carbocycles. The van der Waals surface area contributed by atoms with Crippen LogP contribution in [0.2, 0.25) is 5.02 Å². The SMILES string of the molecule is CN1C[C@@H](C(=O)N2CCN(c3ccncc3Cl)CC2)CC1=O. The average molecular weight is 323 g/mol. The molecule has 0 spiro atoms. The third kappa shape index (κ3) is 2.88. The Labute approximate surface area is 134 Å². The van der Waals surface area contributed by atoms with Gasteiger partial charge in [0.2, 0.25) is 11.8 Å². The average Bonchev–Trinajstić information content (AvgIpc) is 2.87. The van der Waals surface area contributed by atoms with Crippen LogP contribution in [0.4, 0.5) is 5.69 Å². The van der Waals surface area contributed by atoms with E-state index in [1.165, 1.54) is 0 Å². The predicted octanol–water partition coefficient (Wildman–Crippen LogP) is 0.862. The maximum absolute atomic E-state index is 12.5. The molecule has 7 heteroatoms. The molecule has 1 atom stereocenters. The summed E-state index contributed by atoms with van der Waals surface area (Å²) in [6.45, 7) is 3.34. The van der Waals surface area contributed by atoms with Crippen LogP contribution < -0.4 is 4.90 Å². The molecular weight excluding hydrogens is 304 g/mol. The van der Waals surface area contributed by atoms with E-state index in [1.54, 1.807) is 24.3 Å². The van der Waals surface area contributed by atoms with Crippen LogP contribution in [0.15, 0.2) is 18.5 Å². The standard InChI is InChI=1S/C15H19ClN4O2/c1-18-10-11(8-14(18)21)15(22)20-6-4-19(5-7-20)13-2-3-17-9-12(13)16/h2-3,9,11H,4-8,10H2,1H3/t11-/m0/s1. The minimum absolute atomic E-state index is 0.0561. The number of nitrogens with zero attached hydrogens (tertiary/aromatic N) is 4. The van der Waals surface area contributed by atoms with Crippen molar-refractivity contribution in [3.63, 3.8) is 0 Å². The molecule has 0 aliphatic carbocycles. The fraction of sp³-hybridized carbons (Fsp3) is 0.533. The maximum Gasteiger partial charge on any atom is 0.228 e. The summed E-state index contributed by atoms with van der Waals surface area (Å²) < 4.78 is 0. The number of pyridine rings is 1. The van der Waals surface area contributed by atoms with E-state index in [0.29, 0.717) is 31.1 Å². The van der Waals surface area contributed by atoms with Gasteiger partial charge in [-0.05, 0) is 6.07 Å². The summed E-state index contributed by atoms with van der Waals surface area (Å²) in [6.07, 6.45) is 3.69. The third-order valence-electron chi connectivity index (χ3n) is 4.37. The second kappa shape index (κ2) is 6.12. The van der Waals surface area contributed by atoms with E-state index in [1.807, 2.05) is 11.0 Å². The van der Waals surface area contributed by atoms with Gasteiger partial charge in [-0.2, -0.15) is 0 Å². The predicted molar refractivity (Wildman–Crippen MR) is 83.8 cm³/mol. The van der Waals surface area contributed by atoms with Gasteiger partial charge < -0.3 is 14.7 Å². The Morgan fingerprint density at radius 1 is 1.32 bits per heavy atom. The van der Waals surface area contributed by atoms with E-state index in [9.17, 15) is 9.59 Å². The number of piperazine rings is 1. The highest BCUT2D eigenvalue weighted by Gasteiger charge is 2.35. The monoisotopic (exact) mass is 322 g/mol. The summed E-state index contributed by atoms with van der Waals surface area (Å²) in [6, 6.07) is 1.89. The van der Waals surface area contributed by atoms with Crippen LogP contribution in [-0.4, -0.2) is 66.4 Å². The lowest BCUT2D eigenvalue weighted by Gasteiger charge is -2.37. The van der Waals surface area contributed by atoms with Crippen LogP contribution in [0.1, 0.15) is 6.42 Å². The van der Waals surface area contributed by atoms with Crippen molar-refractivity contribution in [3.8, 4) is 0 Å². The quantitative estimate of drug-likeness (QED) is 0.810. The van der Waals surface area contributed by atoms with E-state index in [0.717, 1.165) is 18.8 Å². The smallest absolute Gasteiger partial charge is 0.228 e. The Morgan fingerprint density at radius 2 is 2.05 bits per heavy atom. The van der Waals surface area contributed by atoms with Gasteiger partial charge in [-0.15, -0.1) is 0 Å². The fourth-order valence-corrected chi connectivity index (χ4v) is 3.32. The molecular formula is C15H19ClN4O2. The Balaban J connectivity index is 1.59. The third-order valence-corrected chi connectivity index (χ3v) is 4.66. The van der Waals surface area contributed by atoms with Crippen molar-refractivity contribution in [2.24, 2.45) is 5.92 Å². The molecule has 2 aliphatic heterocycles. The lowest BCUT2D eigenvalue weighted by Crippen LogP contribution is -2.50. The van der Waals surface area contributed by atoms with Gasteiger partial charge in [0.05, 0.1) is 16.6 Å². The molecule has 0 radical (unpaired) electrons. The zero-order valence-electron chi connectivity index (χ0n) is 12.5. The van der Waals surface area contributed by atoms with Gasteiger partial charge in [-0.3, -0.25) is 14.6 Å². The first-order valence-corrected chi connectivity index (χ1v) is 7.81. The van der Waals surface area contributed by atoms with Crippen LogP contribution in [0, 0.1) is 5.92 Å². The first-order valence-electron chi connectivity index (χ1n) is 7.43. The highest BCUT2D eigenvalue weighted by atomic mass is 35.5. The van der Waals surface area contributed by atoms with Crippen molar-refractivity contribution >= 4 is 29.1 Å². The van der Waals surface area contributed by atoms with Gasteiger partial charge in [0.25, 0.3) is 0 Å². The molecule has 2 saturated heterocycles. The van der Waals surface area contributed by atoms with Crippen molar-refractivity contribution in [2.45, 2.75) is 6.42 Å². The molecule has 6 nitrogen and oxygen atoms in total. The molecule has 3 rings (SSSR count). The largest absolute Gasteiger partial charge is 0.367 e. The summed E-state index contributed by atoms with van der Waals surface area (Å²) in [7, 11) is 1.75. The molecule has 2 fully saturated rings. The second-order valence-corrected chi connectivity index (χ2v) is 6.22. The summed E-state index contributed by atoms with van der Waals surface area (Å²) in [5.41, 5.74) is 0.958. The Morgan fingerprint density at radius 3 is 2.64 bits per heavy atom. The van der Waals surface area contributed by atoms with Crippen molar-refractivity contribution in [2.75, 3.05) is 44.7 Å². The number of carbonyl (C=O) groups is 2. The zero-order chi connectivity index (χ0) is 15.7. The van der Waals surface area contributed by atoms with Crippen LogP contribution in [0.3, 0.4) is 0 Å². The van der Waals surface area contributed by atoms with Gasteiger partial charge in [-0.25, -0.2) is 0 Å². The molecule has 0 bridgehead atoms. The Kier molecular flexibility index (Phi) is 4.20. The number of carbonyl (C=O) groups excluding carboxylic acids is 2. The topological polar surface area (TPSA) is 56.8 Å². The molecule has 118 valence electrons. The summed E-state index contributed by atoms with van der Waals surface area (Å²) in [4.78, 5) is 33.7. The number of anilines is 1. The number of amides is 2. The molecule has 2 amide bonds. The van der Waals surface area contributed by atoms with E-state index in [-0.39, 0.29) is 17.7 Å². The minimum Gasteiger partial charge on any atom is -0.367 e. The molecule has 0 unspecified atom stereocenters. The number of likely N-dealkylation sites (tertiary alicyclic amines) is 1. The zero-order valence-corrected chi connectivity index (χ0v) is 13.3. The van der Waals surface area contributed by atoms with Crippen molar-refractivity contribution in [1.29, 1.82) is 0 Å². The van der Waals surface area contributed by atoms with Gasteiger partial charge in [-0.1, -0.05) is 11.6 Å². The molecule has 0 saturated carbocycles. The highest BCUT2D eigenvalue weighted by Crippen LogP contribution is 2.26. The lowest BCUT2D eigenvalue weighted by atomic mass is 10.1. The number of hydrogen-bond donors (Lipinski definition) is 0. The van der Waals surface area contributed by atoms with Gasteiger partial charge in [0.1, 0.15) is 0 Å². The van der Waals surface area contributed by atoms with Crippen LogP contribution >= 0.6 is 11.6 Å². The lowest BCUT2D eigenvalue weighted by molar-refractivity contribution is -0.136. The molecule has 1 aromatic heterocycles. The van der Waals surface area contributed by atoms with E-state index < -0.39 is 0 Å². The van der Waals surface area contributed by atoms with Gasteiger partial charge in [0.15, 0.2) is 0 Å². The molecule has 2 aliphatic rings. The maximum atomic E-state index is 12.5. The van der Waals surface area contributed by atoms with Crippen molar-refractivity contribution in [3.05, 3.63) is 23.5 Å². The fourth-order valence-electron chi connectivity index (χ4n) is 3.08. The van der Waals surface area contributed by atoms with Crippen LogP contribution in [0.5, 0.6) is 0 Å². The van der Waals surface area contributed by atoms with Crippen LogP contribution in [-0.2, 0) is 9.59 Å². The summed E-state index contributed by atoms with van der Waals surface area (Å²) in [5, 5.41) is 0.630. The molecule has 22 heavy (non-hydrogen) atoms. The van der Waals surface area contributed by atoms with E-state index in [4.69, 9.17) is 11.6 Å². The Bertz CT molecular complexity index is 587. The van der Waals surface area contributed by atoms with Crippen molar-refractivity contribution < 1.29 is 9.59 Å². The van der Waals surface area contributed by atoms with Crippen LogP contribution in [0.25, 0.3) is 0 Å². The molecule has 0 N–H and O–H groups in total. The minimum atomic E-state index is -0.187. The first kappa shape index (κ1) is 15.1. The number of rotatable bonds is 2. The normalized spacial score (nSPS) is 22.4. The van der Waals surface area contributed by atoms with E-state index in [2.05, 4.69) is 9.88 Å². The molecule has 1 aromatic rings. The summed E-state index contributed by atoms with van der Waals surface area (Å²) >= 11 is 6.16. The molecule has 3 heterocycles. The first-order chi connectivity index (χ1) is 10.6. The Hall–Kier alpha value is -1.82. The van der Waals surface area contributed by atoms with E-state index >= 15 is 0 Å². The highest BCUT2D eigenvalue weighted by molar-refractivity contribution is 6.33. The summed E-state index contributed by atoms with van der Waals surface area (Å²) in [5.74, 6) is -0.0349. The van der Waals surface area contributed by atoms with Gasteiger partial charge in [0, 0.05) is 58.6 Å². The number of halogens is 1. The van der Waals surface area contributed by atoms with Crippen molar-refractivity contribution in [1.82, 2.24) is 14.8 Å². The van der Waals surface area contributed by atoms with Gasteiger partial charge >= 0.3 is 0 Å².